The number of piperazine rings is 1. The Kier molecular flexibility index (Phi) is 7.44. The van der Waals surface area contributed by atoms with Gasteiger partial charge in [0.05, 0.1) is 6.04 Å². The average molecular weight is 471 g/mol. The van der Waals surface area contributed by atoms with E-state index in [9.17, 15) is 9.90 Å². The standard InChI is InChI=1S/C31H38N2O2/c1-22-11-9-10-14-27(22)24-15-17-26(18-16-24)28(25-12-7-6-8-13-25)32-19-20-33(23(2)21-32)29(30(34)35)31(3,4)5/h6-18,23,28-29H,19-21H2,1-5H3,(H,34,35)/t23?,28-,29?/m1/s1. The zero-order valence-electron chi connectivity index (χ0n) is 21.6. The molecule has 1 aliphatic heterocycles. The summed E-state index contributed by atoms with van der Waals surface area (Å²) in [4.78, 5) is 16.9. The van der Waals surface area contributed by atoms with Gasteiger partial charge >= 0.3 is 5.97 Å². The van der Waals surface area contributed by atoms with Gasteiger partial charge in [0.15, 0.2) is 0 Å². The molecule has 2 unspecified atom stereocenters. The Hall–Kier alpha value is -2.95. The summed E-state index contributed by atoms with van der Waals surface area (Å²) in [5, 5.41) is 9.99. The number of hydrogen-bond donors (Lipinski definition) is 1. The molecule has 4 heteroatoms. The van der Waals surface area contributed by atoms with Crippen LogP contribution >= 0.6 is 0 Å². The van der Waals surface area contributed by atoms with Crippen LogP contribution in [-0.4, -0.2) is 52.6 Å². The normalized spacial score (nSPS) is 19.3. The lowest BCUT2D eigenvalue weighted by Gasteiger charge is -2.48. The van der Waals surface area contributed by atoms with Crippen molar-refractivity contribution in [1.82, 2.24) is 9.80 Å². The highest BCUT2D eigenvalue weighted by Gasteiger charge is 2.41. The molecule has 0 aromatic heterocycles. The van der Waals surface area contributed by atoms with Gasteiger partial charge in [-0.05, 0) is 47.1 Å². The van der Waals surface area contributed by atoms with Crippen LogP contribution in [0.15, 0.2) is 78.9 Å². The molecule has 35 heavy (non-hydrogen) atoms. The second-order valence-electron chi connectivity index (χ2n) is 10.9. The molecule has 0 spiro atoms. The van der Waals surface area contributed by atoms with E-state index < -0.39 is 12.0 Å². The molecule has 1 N–H and O–H groups in total. The Morgan fingerprint density at radius 3 is 2.06 bits per heavy atom. The maximum absolute atomic E-state index is 12.2. The van der Waals surface area contributed by atoms with Crippen molar-refractivity contribution in [2.75, 3.05) is 19.6 Å². The van der Waals surface area contributed by atoms with Crippen molar-refractivity contribution < 1.29 is 9.90 Å². The highest BCUT2D eigenvalue weighted by atomic mass is 16.4. The number of carboxylic acid groups (broad SMARTS) is 1. The largest absolute Gasteiger partial charge is 0.480 e. The summed E-state index contributed by atoms with van der Waals surface area (Å²) < 4.78 is 0. The zero-order chi connectivity index (χ0) is 25.2. The van der Waals surface area contributed by atoms with Crippen molar-refractivity contribution in [1.29, 1.82) is 0 Å². The predicted octanol–water partition coefficient (Wildman–Crippen LogP) is 6.26. The van der Waals surface area contributed by atoms with Gasteiger partial charge in [-0.1, -0.05) is 99.6 Å². The van der Waals surface area contributed by atoms with E-state index in [1.54, 1.807) is 0 Å². The van der Waals surface area contributed by atoms with Gasteiger partial charge in [-0.15, -0.1) is 0 Å². The van der Waals surface area contributed by atoms with Crippen LogP contribution in [0.4, 0.5) is 0 Å². The van der Waals surface area contributed by atoms with Crippen LogP contribution in [0.5, 0.6) is 0 Å². The van der Waals surface area contributed by atoms with Gasteiger partial charge in [0, 0.05) is 25.7 Å². The number of benzene rings is 3. The summed E-state index contributed by atoms with van der Waals surface area (Å²) in [5.74, 6) is -0.732. The van der Waals surface area contributed by atoms with E-state index in [1.807, 2.05) is 20.8 Å². The molecule has 0 amide bonds. The second-order valence-corrected chi connectivity index (χ2v) is 10.9. The smallest absolute Gasteiger partial charge is 0.321 e. The third-order valence-electron chi connectivity index (χ3n) is 7.26. The lowest BCUT2D eigenvalue weighted by molar-refractivity contribution is -0.150. The summed E-state index contributed by atoms with van der Waals surface area (Å²) in [5.41, 5.74) is 5.97. The Morgan fingerprint density at radius 2 is 1.49 bits per heavy atom. The van der Waals surface area contributed by atoms with Gasteiger partial charge < -0.3 is 5.11 Å². The van der Waals surface area contributed by atoms with Gasteiger partial charge in [-0.3, -0.25) is 14.6 Å². The van der Waals surface area contributed by atoms with Crippen LogP contribution in [0, 0.1) is 12.3 Å². The average Bonchev–Trinajstić information content (AvgIpc) is 2.81. The summed E-state index contributed by atoms with van der Waals surface area (Å²) in [6, 6.07) is 27.9. The lowest BCUT2D eigenvalue weighted by atomic mass is 9.84. The van der Waals surface area contributed by atoms with Crippen molar-refractivity contribution in [3.8, 4) is 11.1 Å². The molecule has 0 radical (unpaired) electrons. The van der Waals surface area contributed by atoms with Gasteiger partial charge in [0.25, 0.3) is 0 Å². The molecule has 3 aromatic rings. The van der Waals surface area contributed by atoms with Gasteiger partial charge in [-0.2, -0.15) is 0 Å². The molecule has 1 aliphatic rings. The number of rotatable bonds is 6. The molecule has 0 saturated carbocycles. The molecule has 0 aliphatic carbocycles. The van der Waals surface area contributed by atoms with E-state index >= 15 is 0 Å². The van der Waals surface area contributed by atoms with Crippen LogP contribution in [-0.2, 0) is 4.79 Å². The number of carboxylic acids is 1. The van der Waals surface area contributed by atoms with E-state index in [1.165, 1.54) is 27.8 Å². The molecule has 184 valence electrons. The Morgan fingerprint density at radius 1 is 0.886 bits per heavy atom. The number of hydrogen-bond acceptors (Lipinski definition) is 3. The number of carbonyl (C=O) groups is 1. The Bertz CT molecular complexity index is 1130. The molecule has 3 aromatic carbocycles. The van der Waals surface area contributed by atoms with Gasteiger partial charge in [-0.25, -0.2) is 0 Å². The molecule has 1 heterocycles. The summed E-state index contributed by atoms with van der Waals surface area (Å²) in [6.45, 7) is 12.8. The lowest BCUT2D eigenvalue weighted by Crippen LogP contribution is -2.61. The van der Waals surface area contributed by atoms with Crippen LogP contribution in [0.3, 0.4) is 0 Å². The molecule has 3 atom stereocenters. The third-order valence-corrected chi connectivity index (χ3v) is 7.26. The van der Waals surface area contributed by atoms with Gasteiger partial charge in [0.2, 0.25) is 0 Å². The minimum atomic E-state index is -0.732. The topological polar surface area (TPSA) is 43.8 Å². The van der Waals surface area contributed by atoms with Crippen LogP contribution in [0.1, 0.15) is 50.4 Å². The summed E-state index contributed by atoms with van der Waals surface area (Å²) >= 11 is 0. The van der Waals surface area contributed by atoms with Crippen LogP contribution < -0.4 is 0 Å². The third kappa shape index (κ3) is 5.50. The first kappa shape index (κ1) is 25.2. The van der Waals surface area contributed by atoms with E-state index in [-0.39, 0.29) is 17.5 Å². The highest BCUT2D eigenvalue weighted by molar-refractivity contribution is 5.74. The predicted molar refractivity (Wildman–Crippen MR) is 144 cm³/mol. The maximum atomic E-state index is 12.2. The summed E-state index contributed by atoms with van der Waals surface area (Å²) in [6.07, 6.45) is 0. The second kappa shape index (κ2) is 10.3. The number of aryl methyl sites for hydroxylation is 1. The van der Waals surface area contributed by atoms with Crippen molar-refractivity contribution in [3.05, 3.63) is 95.6 Å². The van der Waals surface area contributed by atoms with E-state index in [0.717, 1.165) is 19.6 Å². The van der Waals surface area contributed by atoms with Crippen molar-refractivity contribution >= 4 is 5.97 Å². The zero-order valence-corrected chi connectivity index (χ0v) is 21.6. The Labute approximate surface area is 210 Å². The fraction of sp³-hybridized carbons (Fsp3) is 0.387. The van der Waals surface area contributed by atoms with Crippen LogP contribution in [0.25, 0.3) is 11.1 Å². The number of aliphatic carboxylic acids is 1. The molecule has 0 bridgehead atoms. The van der Waals surface area contributed by atoms with E-state index in [0.29, 0.717) is 0 Å². The molecular weight excluding hydrogens is 432 g/mol. The maximum Gasteiger partial charge on any atom is 0.321 e. The minimum Gasteiger partial charge on any atom is -0.480 e. The highest BCUT2D eigenvalue weighted by Crippen LogP contribution is 2.35. The van der Waals surface area contributed by atoms with Crippen molar-refractivity contribution in [2.24, 2.45) is 5.41 Å². The fourth-order valence-corrected chi connectivity index (χ4v) is 5.62. The summed E-state index contributed by atoms with van der Waals surface area (Å²) in [7, 11) is 0. The Balaban J connectivity index is 1.63. The first-order chi connectivity index (χ1) is 16.7. The van der Waals surface area contributed by atoms with E-state index in [2.05, 4.69) is 103 Å². The number of nitrogens with zero attached hydrogens (tertiary/aromatic N) is 2. The SMILES string of the molecule is Cc1ccccc1-c1ccc([C@@H](c2ccccc2)N2CCN(C(C(=O)O)C(C)(C)C)C(C)C2)cc1. The molecular formula is C31H38N2O2. The van der Waals surface area contributed by atoms with Crippen molar-refractivity contribution in [2.45, 2.75) is 52.7 Å². The molecule has 4 rings (SSSR count). The quantitative estimate of drug-likeness (QED) is 0.462. The fourth-order valence-electron chi connectivity index (χ4n) is 5.62. The first-order valence-electron chi connectivity index (χ1n) is 12.6. The van der Waals surface area contributed by atoms with E-state index in [4.69, 9.17) is 0 Å². The van der Waals surface area contributed by atoms with Crippen LogP contribution in [0.2, 0.25) is 0 Å². The first-order valence-corrected chi connectivity index (χ1v) is 12.6. The van der Waals surface area contributed by atoms with Gasteiger partial charge in [0.1, 0.15) is 6.04 Å². The van der Waals surface area contributed by atoms with Crippen molar-refractivity contribution in [3.63, 3.8) is 0 Å². The molecule has 4 nitrogen and oxygen atoms in total. The molecule has 1 fully saturated rings. The molecule has 1 saturated heterocycles. The monoisotopic (exact) mass is 470 g/mol. The minimum absolute atomic E-state index is 0.129.